The Kier molecular flexibility index (Phi) is 6.20. The van der Waals surface area contributed by atoms with Crippen molar-refractivity contribution in [2.45, 2.75) is 12.5 Å². The molecule has 2 rings (SSSR count). The van der Waals surface area contributed by atoms with Crippen LogP contribution in [0.3, 0.4) is 0 Å². The molecule has 0 aliphatic rings. The number of carbonyl (C=O) groups excluding carboxylic acids is 2. The highest BCUT2D eigenvalue weighted by Gasteiger charge is 2.24. The molecule has 4 N–H and O–H groups in total. The Morgan fingerprint density at radius 3 is 2.25 bits per heavy atom. The van der Waals surface area contributed by atoms with E-state index in [0.29, 0.717) is 0 Å². The SMILES string of the molecule is COC(=O)C(Cc1ccc([NH3+])cc1)NC(=O)c1c(Cl)cccc1Cl. The lowest BCUT2D eigenvalue weighted by Gasteiger charge is -2.17. The number of halogens is 2. The van der Waals surface area contributed by atoms with Crippen molar-refractivity contribution < 1.29 is 20.1 Å². The maximum Gasteiger partial charge on any atom is 0.328 e. The second-order valence-corrected chi connectivity index (χ2v) is 5.98. The van der Waals surface area contributed by atoms with E-state index in [1.165, 1.54) is 7.11 Å². The third-order valence-corrected chi connectivity index (χ3v) is 4.07. The number of nitrogens with one attached hydrogen (secondary N) is 1. The van der Waals surface area contributed by atoms with Crippen LogP contribution in [0.1, 0.15) is 15.9 Å². The Balaban J connectivity index is 2.21. The maximum absolute atomic E-state index is 12.5. The van der Waals surface area contributed by atoms with Gasteiger partial charge < -0.3 is 15.8 Å². The van der Waals surface area contributed by atoms with Crippen LogP contribution in [0.2, 0.25) is 10.0 Å². The van der Waals surface area contributed by atoms with Crippen LogP contribution >= 0.6 is 23.2 Å². The van der Waals surface area contributed by atoms with Crippen LogP contribution in [0.4, 0.5) is 5.69 Å². The van der Waals surface area contributed by atoms with Crippen LogP contribution < -0.4 is 11.1 Å². The predicted octanol–water partition coefficient (Wildman–Crippen LogP) is 2.38. The van der Waals surface area contributed by atoms with Gasteiger partial charge in [0, 0.05) is 6.42 Å². The lowest BCUT2D eigenvalue weighted by atomic mass is 10.0. The average molecular weight is 368 g/mol. The highest BCUT2D eigenvalue weighted by molar-refractivity contribution is 6.39. The molecule has 1 atom stereocenters. The third-order valence-electron chi connectivity index (χ3n) is 3.44. The summed E-state index contributed by atoms with van der Waals surface area (Å²) < 4.78 is 4.77. The third kappa shape index (κ3) is 4.47. The fourth-order valence-electron chi connectivity index (χ4n) is 2.19. The number of carbonyl (C=O) groups is 2. The highest BCUT2D eigenvalue weighted by Crippen LogP contribution is 2.24. The number of quaternary nitrogens is 1. The van der Waals surface area contributed by atoms with Gasteiger partial charge in [0.1, 0.15) is 11.7 Å². The summed E-state index contributed by atoms with van der Waals surface area (Å²) in [6.07, 6.45) is 0.279. The van der Waals surface area contributed by atoms with Crippen LogP contribution in [-0.2, 0) is 16.0 Å². The van der Waals surface area contributed by atoms with Gasteiger partial charge in [-0.3, -0.25) is 4.79 Å². The first-order valence-electron chi connectivity index (χ1n) is 7.16. The van der Waals surface area contributed by atoms with Gasteiger partial charge in [-0.1, -0.05) is 41.4 Å². The number of esters is 1. The van der Waals surface area contributed by atoms with Gasteiger partial charge in [-0.15, -0.1) is 0 Å². The van der Waals surface area contributed by atoms with E-state index in [0.717, 1.165) is 11.3 Å². The topological polar surface area (TPSA) is 83.0 Å². The van der Waals surface area contributed by atoms with Crippen LogP contribution in [0.5, 0.6) is 0 Å². The molecule has 1 unspecified atom stereocenters. The Labute approximate surface area is 149 Å². The lowest BCUT2D eigenvalue weighted by Crippen LogP contribution is -2.43. The molecule has 2 aromatic carbocycles. The number of hydrogen-bond acceptors (Lipinski definition) is 3. The Morgan fingerprint density at radius 1 is 1.12 bits per heavy atom. The first-order chi connectivity index (χ1) is 11.4. The van der Waals surface area contributed by atoms with E-state index < -0.39 is 17.9 Å². The van der Waals surface area contributed by atoms with E-state index in [4.69, 9.17) is 27.9 Å². The second-order valence-electron chi connectivity index (χ2n) is 5.17. The van der Waals surface area contributed by atoms with Gasteiger partial charge in [0.25, 0.3) is 5.91 Å². The molecule has 5 nitrogen and oxygen atoms in total. The quantitative estimate of drug-likeness (QED) is 0.795. The van der Waals surface area contributed by atoms with Crippen molar-refractivity contribution in [3.8, 4) is 0 Å². The highest BCUT2D eigenvalue weighted by atomic mass is 35.5. The molecule has 24 heavy (non-hydrogen) atoms. The van der Waals surface area contributed by atoms with E-state index >= 15 is 0 Å². The van der Waals surface area contributed by atoms with Gasteiger partial charge >= 0.3 is 5.97 Å². The van der Waals surface area contributed by atoms with Crippen molar-refractivity contribution in [3.63, 3.8) is 0 Å². The minimum absolute atomic E-state index is 0.128. The van der Waals surface area contributed by atoms with Crippen molar-refractivity contribution in [2.75, 3.05) is 7.11 Å². The molecule has 0 aliphatic heterocycles. The normalized spacial score (nSPS) is 11.7. The zero-order valence-corrected chi connectivity index (χ0v) is 14.5. The lowest BCUT2D eigenvalue weighted by molar-refractivity contribution is -0.254. The Morgan fingerprint density at radius 2 is 1.71 bits per heavy atom. The zero-order valence-electron chi connectivity index (χ0n) is 13.0. The van der Waals surface area contributed by atoms with Crippen LogP contribution in [0, 0.1) is 0 Å². The maximum atomic E-state index is 12.5. The Hall–Kier alpha value is -2.08. The number of rotatable bonds is 5. The van der Waals surface area contributed by atoms with Gasteiger partial charge in [0.05, 0.1) is 22.7 Å². The van der Waals surface area contributed by atoms with E-state index in [9.17, 15) is 9.59 Å². The summed E-state index contributed by atoms with van der Waals surface area (Å²) in [4.78, 5) is 24.5. The standard InChI is InChI=1S/C17H16Cl2N2O3/c1-24-17(23)14(9-10-5-7-11(20)8-6-10)21-16(22)15-12(18)3-2-4-13(15)19/h2-8,14H,9,20H2,1H3,(H,21,22)/p+1. The van der Waals surface area contributed by atoms with E-state index in [-0.39, 0.29) is 22.0 Å². The van der Waals surface area contributed by atoms with Gasteiger partial charge in [0.2, 0.25) is 0 Å². The fourth-order valence-corrected chi connectivity index (χ4v) is 2.76. The monoisotopic (exact) mass is 367 g/mol. The zero-order chi connectivity index (χ0) is 17.7. The van der Waals surface area contributed by atoms with Crippen molar-refractivity contribution in [2.24, 2.45) is 0 Å². The average Bonchev–Trinajstić information content (AvgIpc) is 2.55. The first-order valence-corrected chi connectivity index (χ1v) is 7.91. The van der Waals surface area contributed by atoms with E-state index in [1.54, 1.807) is 18.2 Å². The van der Waals surface area contributed by atoms with Crippen molar-refractivity contribution in [3.05, 3.63) is 63.6 Å². The predicted molar refractivity (Wildman–Crippen MR) is 92.4 cm³/mol. The molecule has 2 aromatic rings. The molecule has 0 heterocycles. The minimum atomic E-state index is -0.856. The fraction of sp³-hybridized carbons (Fsp3) is 0.176. The van der Waals surface area contributed by atoms with Crippen LogP contribution in [0.15, 0.2) is 42.5 Å². The largest absolute Gasteiger partial charge is 0.467 e. The van der Waals surface area contributed by atoms with Gasteiger partial charge in [-0.2, -0.15) is 0 Å². The molecule has 0 aliphatic carbocycles. The summed E-state index contributed by atoms with van der Waals surface area (Å²) in [5.74, 6) is -1.08. The molecule has 0 saturated heterocycles. The smallest absolute Gasteiger partial charge is 0.328 e. The summed E-state index contributed by atoms with van der Waals surface area (Å²) >= 11 is 12.1. The first kappa shape index (κ1) is 18.3. The summed E-state index contributed by atoms with van der Waals surface area (Å²) in [6, 6.07) is 11.2. The molecule has 0 fully saturated rings. The molecule has 0 saturated carbocycles. The number of methoxy groups -OCH3 is 1. The van der Waals surface area contributed by atoms with Gasteiger partial charge in [-0.05, 0) is 29.8 Å². The van der Waals surface area contributed by atoms with E-state index in [1.807, 2.05) is 24.3 Å². The molecular weight excluding hydrogens is 351 g/mol. The summed E-state index contributed by atoms with van der Waals surface area (Å²) in [7, 11) is 1.27. The van der Waals surface area contributed by atoms with Crippen LogP contribution in [0.25, 0.3) is 0 Å². The summed E-state index contributed by atoms with van der Waals surface area (Å²) in [5.41, 5.74) is 5.66. The molecule has 7 heteroatoms. The van der Waals surface area contributed by atoms with E-state index in [2.05, 4.69) is 11.1 Å². The molecule has 126 valence electrons. The van der Waals surface area contributed by atoms with Gasteiger partial charge in [-0.25, -0.2) is 4.79 Å². The van der Waals surface area contributed by atoms with Crippen molar-refractivity contribution in [1.82, 2.24) is 5.32 Å². The van der Waals surface area contributed by atoms with Gasteiger partial charge in [0.15, 0.2) is 0 Å². The number of amides is 1. The molecule has 0 bridgehead atoms. The number of ether oxygens (including phenoxy) is 1. The number of benzene rings is 2. The Bertz CT molecular complexity index is 728. The molecule has 0 spiro atoms. The molecule has 1 amide bonds. The molecular formula is C17H17Cl2N2O3+. The number of hydrogen-bond donors (Lipinski definition) is 2. The summed E-state index contributed by atoms with van der Waals surface area (Å²) in [5, 5.41) is 3.06. The second kappa shape index (κ2) is 8.15. The summed E-state index contributed by atoms with van der Waals surface area (Å²) in [6.45, 7) is 0. The van der Waals surface area contributed by atoms with Crippen LogP contribution in [-0.4, -0.2) is 25.0 Å². The molecule has 0 aromatic heterocycles. The van der Waals surface area contributed by atoms with Crippen molar-refractivity contribution in [1.29, 1.82) is 0 Å². The molecule has 0 radical (unpaired) electrons. The van der Waals surface area contributed by atoms with Crippen molar-refractivity contribution >= 4 is 40.8 Å². The minimum Gasteiger partial charge on any atom is -0.467 e.